The van der Waals surface area contributed by atoms with Crippen LogP contribution in [0.5, 0.6) is 0 Å². The van der Waals surface area contributed by atoms with E-state index in [4.69, 9.17) is 9.97 Å². The van der Waals surface area contributed by atoms with Gasteiger partial charge in [0.1, 0.15) is 0 Å². The number of aryl methyl sites for hydroxylation is 4. The van der Waals surface area contributed by atoms with Crippen LogP contribution in [0.2, 0.25) is 0 Å². The Labute approximate surface area is 315 Å². The third-order valence-electron chi connectivity index (χ3n) is 8.59. The van der Waals surface area contributed by atoms with E-state index in [9.17, 15) is 0 Å². The minimum absolute atomic E-state index is 0. The smallest absolute Gasteiger partial charge is 0.243 e. The summed E-state index contributed by atoms with van der Waals surface area (Å²) in [6, 6.07) is 16.6. The van der Waals surface area contributed by atoms with Gasteiger partial charge in [0.15, 0.2) is 0 Å². The minimum Gasteiger partial charge on any atom is -0.472 e. The summed E-state index contributed by atoms with van der Waals surface area (Å²) >= 11 is 0. The van der Waals surface area contributed by atoms with Crippen LogP contribution in [0, 0.1) is 25.0 Å². The molecule has 12 nitrogen and oxygen atoms in total. The zero-order chi connectivity index (χ0) is 32.5. The summed E-state index contributed by atoms with van der Waals surface area (Å²) in [7, 11) is 7.81. The number of rotatable bonds is 4. The van der Waals surface area contributed by atoms with Crippen LogP contribution in [-0.4, -0.2) is 37.4 Å². The Hall–Kier alpha value is -5.18. The fourth-order valence-corrected chi connectivity index (χ4v) is 6.29. The maximum absolute atomic E-state index is 4.90. The van der Waals surface area contributed by atoms with Gasteiger partial charge in [-0.2, -0.15) is 0 Å². The van der Waals surface area contributed by atoms with Crippen molar-refractivity contribution in [3.8, 4) is 23.3 Å². The molecule has 0 aliphatic heterocycles. The molecule has 8 aromatic heterocycles. The number of imidazole rings is 4. The molecule has 0 saturated heterocycles. The van der Waals surface area contributed by atoms with Gasteiger partial charge >= 0.3 is 0 Å². The molecular formula is C36H28N12Pt2-4. The van der Waals surface area contributed by atoms with Gasteiger partial charge in [-0.05, 0) is 58.6 Å². The number of aromatic nitrogens is 12. The number of hydrogen-bond donors (Lipinski definition) is 0. The van der Waals surface area contributed by atoms with Crippen molar-refractivity contribution >= 4 is 43.9 Å². The van der Waals surface area contributed by atoms with E-state index in [1.54, 1.807) is 0 Å². The third-order valence-corrected chi connectivity index (χ3v) is 8.59. The van der Waals surface area contributed by atoms with Crippen LogP contribution in [0.25, 0.3) is 67.1 Å². The average Bonchev–Trinajstić information content (AvgIpc) is 3.92. The van der Waals surface area contributed by atoms with Crippen molar-refractivity contribution in [1.29, 1.82) is 0 Å². The molecular weight excluding hydrogens is 991 g/mol. The SMILES string of the molecule is Cn1c[c-]nc1-n1ccc2c3cccc(-n4[c-][n+](C)cc4)c3[n-]c21.Cn1c[c-]nc1-n1ccc2c3cccc(-n4[c-][n+](C)cc4)c3[n-]c21.[Pt].[Pt]. The fraction of sp³-hybridized carbons (Fsp3) is 0.111. The Bertz CT molecular complexity index is 2570. The van der Waals surface area contributed by atoms with Crippen molar-refractivity contribution in [3.05, 3.63) is 123 Å². The van der Waals surface area contributed by atoms with E-state index in [1.807, 2.05) is 114 Å². The standard InChI is InChI=1S/2C18H14N6.2Pt/c2*1-21-10-11-23(12-21)15-5-3-4-13-14-6-8-24(17(14)20-16(13)15)18-19-7-9-22(18)2;;/h2*3-6,8-11H,1-2H3;;/q2*-2;;. The predicted molar refractivity (Wildman–Crippen MR) is 178 cm³/mol. The molecule has 0 amide bonds. The van der Waals surface area contributed by atoms with Gasteiger partial charge in [-0.1, -0.05) is 84.6 Å². The van der Waals surface area contributed by atoms with Crippen molar-refractivity contribution in [2.24, 2.45) is 28.2 Å². The molecule has 0 radical (unpaired) electrons. The Morgan fingerprint density at radius 1 is 0.580 bits per heavy atom. The molecule has 256 valence electrons. The fourth-order valence-electron chi connectivity index (χ4n) is 6.29. The number of para-hydroxylation sites is 2. The van der Waals surface area contributed by atoms with Crippen LogP contribution >= 0.6 is 0 Å². The Morgan fingerprint density at radius 3 is 1.38 bits per heavy atom. The zero-order valence-electron chi connectivity index (χ0n) is 27.2. The van der Waals surface area contributed by atoms with E-state index in [0.29, 0.717) is 0 Å². The minimum atomic E-state index is 0. The summed E-state index contributed by atoms with van der Waals surface area (Å²) in [6.45, 7) is 0. The predicted octanol–water partition coefficient (Wildman–Crippen LogP) is 3.37. The molecule has 0 N–H and O–H groups in total. The van der Waals surface area contributed by atoms with Crippen molar-refractivity contribution in [1.82, 2.24) is 47.3 Å². The van der Waals surface area contributed by atoms with Crippen LogP contribution in [0.15, 0.2) is 98.1 Å². The second-order valence-corrected chi connectivity index (χ2v) is 11.7. The largest absolute Gasteiger partial charge is 0.472 e. The number of nitrogens with zero attached hydrogens (tertiary/aromatic N) is 12. The number of fused-ring (bicyclic) bond motifs is 6. The molecule has 0 saturated carbocycles. The summed E-state index contributed by atoms with van der Waals surface area (Å²) < 4.78 is 15.6. The van der Waals surface area contributed by atoms with E-state index >= 15 is 0 Å². The van der Waals surface area contributed by atoms with Gasteiger partial charge < -0.3 is 56.5 Å². The Balaban J connectivity index is 0.000000151. The van der Waals surface area contributed by atoms with E-state index < -0.39 is 0 Å². The normalized spacial score (nSPS) is 11.3. The molecule has 10 rings (SSSR count). The van der Waals surface area contributed by atoms with Gasteiger partial charge in [-0.3, -0.25) is 0 Å². The van der Waals surface area contributed by atoms with E-state index in [2.05, 4.69) is 83.5 Å². The maximum atomic E-state index is 4.90. The van der Waals surface area contributed by atoms with E-state index in [0.717, 1.165) is 67.1 Å². The van der Waals surface area contributed by atoms with E-state index in [-0.39, 0.29) is 42.1 Å². The van der Waals surface area contributed by atoms with Crippen LogP contribution in [-0.2, 0) is 70.3 Å². The van der Waals surface area contributed by atoms with Gasteiger partial charge in [0.2, 0.25) is 12.7 Å². The second kappa shape index (κ2) is 12.9. The quantitative estimate of drug-likeness (QED) is 0.200. The molecule has 0 atom stereocenters. The summed E-state index contributed by atoms with van der Waals surface area (Å²) in [4.78, 5) is 18.4. The van der Waals surface area contributed by atoms with Crippen LogP contribution < -0.4 is 19.1 Å². The molecule has 0 fully saturated rings. The molecule has 0 aliphatic rings. The zero-order valence-corrected chi connectivity index (χ0v) is 31.8. The summed E-state index contributed by atoms with van der Waals surface area (Å²) in [5.74, 6) is 1.60. The van der Waals surface area contributed by atoms with Crippen molar-refractivity contribution in [2.45, 2.75) is 0 Å². The van der Waals surface area contributed by atoms with Gasteiger partial charge in [-0.25, -0.2) is 0 Å². The van der Waals surface area contributed by atoms with Crippen molar-refractivity contribution in [2.75, 3.05) is 0 Å². The summed E-state index contributed by atoms with van der Waals surface area (Å²) in [5, 5.41) is 4.49. The Kier molecular flexibility index (Phi) is 8.62. The molecule has 8 heterocycles. The first-order valence-electron chi connectivity index (χ1n) is 15.3. The third kappa shape index (κ3) is 5.30. The molecule has 14 heteroatoms. The summed E-state index contributed by atoms with van der Waals surface area (Å²) in [6.07, 6.45) is 27.7. The maximum Gasteiger partial charge on any atom is 0.243 e. The topological polar surface area (TPSA) is 91.3 Å². The molecule has 2 aromatic carbocycles. The monoisotopic (exact) mass is 1020 g/mol. The molecule has 10 aromatic rings. The first kappa shape index (κ1) is 33.3. The first-order valence-corrected chi connectivity index (χ1v) is 15.3. The number of hydrogen-bond acceptors (Lipinski definition) is 2. The van der Waals surface area contributed by atoms with Crippen molar-refractivity contribution in [3.63, 3.8) is 0 Å². The number of benzene rings is 2. The van der Waals surface area contributed by atoms with Crippen LogP contribution in [0.1, 0.15) is 0 Å². The summed E-state index contributed by atoms with van der Waals surface area (Å²) in [5.41, 5.74) is 5.75. The molecule has 0 bridgehead atoms. The molecule has 50 heavy (non-hydrogen) atoms. The van der Waals surface area contributed by atoms with Gasteiger partial charge in [0.05, 0.1) is 25.5 Å². The molecule has 0 spiro atoms. The van der Waals surface area contributed by atoms with Crippen LogP contribution in [0.3, 0.4) is 0 Å². The van der Waals surface area contributed by atoms with E-state index in [1.165, 1.54) is 0 Å². The average molecular weight is 1020 g/mol. The first-order chi connectivity index (χ1) is 23.4. The van der Waals surface area contributed by atoms with Gasteiger partial charge in [0.25, 0.3) is 0 Å². The molecule has 0 unspecified atom stereocenters. The van der Waals surface area contributed by atoms with Crippen molar-refractivity contribution < 1.29 is 51.3 Å². The van der Waals surface area contributed by atoms with Crippen LogP contribution in [0.4, 0.5) is 0 Å². The Morgan fingerprint density at radius 2 is 1.02 bits per heavy atom. The van der Waals surface area contributed by atoms with Gasteiger partial charge in [0, 0.05) is 66.9 Å². The molecule has 0 aliphatic carbocycles. The second-order valence-electron chi connectivity index (χ2n) is 11.7. The van der Waals surface area contributed by atoms with Gasteiger partial charge in [-0.15, -0.1) is 12.4 Å².